The normalized spacial score (nSPS) is 19.4. The Balaban J connectivity index is 1.58. The molecule has 0 aromatic carbocycles. The van der Waals surface area contributed by atoms with Gasteiger partial charge in [0.15, 0.2) is 5.82 Å². The third-order valence-corrected chi connectivity index (χ3v) is 4.35. The first kappa shape index (κ1) is 15.2. The molecule has 7 nitrogen and oxygen atoms in total. The minimum Gasteiger partial charge on any atom is -0.377 e. The molecule has 2 atom stereocenters. The van der Waals surface area contributed by atoms with E-state index in [9.17, 15) is 0 Å². The number of imidazole rings is 1. The summed E-state index contributed by atoms with van der Waals surface area (Å²) in [5.41, 5.74) is 0. The summed E-state index contributed by atoms with van der Waals surface area (Å²) in [6.45, 7) is 4.51. The molecule has 3 rings (SSSR count). The first-order chi connectivity index (χ1) is 10.7. The summed E-state index contributed by atoms with van der Waals surface area (Å²) in [7, 11) is 3.73. The van der Waals surface area contributed by atoms with Crippen LogP contribution in [0.25, 0.3) is 0 Å². The predicted molar refractivity (Wildman–Crippen MR) is 80.1 cm³/mol. The number of aromatic nitrogens is 4. The lowest BCUT2D eigenvalue weighted by Gasteiger charge is -2.30. The number of rotatable bonds is 6. The molecule has 2 aromatic rings. The van der Waals surface area contributed by atoms with Crippen LogP contribution in [-0.2, 0) is 24.3 Å². The first-order valence-electron chi connectivity index (χ1n) is 7.69. The van der Waals surface area contributed by atoms with Crippen molar-refractivity contribution in [1.29, 1.82) is 0 Å². The highest BCUT2D eigenvalue weighted by atomic mass is 16.5. The lowest BCUT2D eigenvalue weighted by molar-refractivity contribution is 0.163. The monoisotopic (exact) mass is 305 g/mol. The highest BCUT2D eigenvalue weighted by molar-refractivity contribution is 4.97. The van der Waals surface area contributed by atoms with Crippen LogP contribution in [0, 0.1) is 5.92 Å². The number of methoxy groups -OCH3 is 1. The molecule has 0 spiro atoms. The predicted octanol–water partition coefficient (Wildman–Crippen LogP) is 1.67. The SMILES string of the molecule is COCc1noc([C@@H](C)N(C)C[C@@H]2CCc3nccn3C2)n1. The molecule has 22 heavy (non-hydrogen) atoms. The topological polar surface area (TPSA) is 69.2 Å². The highest BCUT2D eigenvalue weighted by Crippen LogP contribution is 2.23. The molecule has 0 fully saturated rings. The average molecular weight is 305 g/mol. The molecule has 3 heterocycles. The lowest BCUT2D eigenvalue weighted by atomic mass is 9.98. The molecule has 7 heteroatoms. The van der Waals surface area contributed by atoms with E-state index in [0.717, 1.165) is 19.5 Å². The lowest BCUT2D eigenvalue weighted by Crippen LogP contribution is -2.33. The van der Waals surface area contributed by atoms with Crippen LogP contribution in [0.15, 0.2) is 16.9 Å². The number of hydrogen-bond donors (Lipinski definition) is 0. The summed E-state index contributed by atoms with van der Waals surface area (Å²) < 4.78 is 12.6. The van der Waals surface area contributed by atoms with E-state index < -0.39 is 0 Å². The van der Waals surface area contributed by atoms with E-state index in [4.69, 9.17) is 9.26 Å². The first-order valence-corrected chi connectivity index (χ1v) is 7.69. The number of hydrogen-bond acceptors (Lipinski definition) is 6. The zero-order valence-corrected chi connectivity index (χ0v) is 13.4. The fraction of sp³-hybridized carbons (Fsp3) is 0.667. The van der Waals surface area contributed by atoms with Gasteiger partial charge < -0.3 is 13.8 Å². The van der Waals surface area contributed by atoms with Crippen molar-refractivity contribution in [3.63, 3.8) is 0 Å². The van der Waals surface area contributed by atoms with Gasteiger partial charge in [-0.2, -0.15) is 4.98 Å². The van der Waals surface area contributed by atoms with E-state index in [1.54, 1.807) is 7.11 Å². The second kappa shape index (κ2) is 6.58. The maximum Gasteiger partial charge on any atom is 0.243 e. The highest BCUT2D eigenvalue weighted by Gasteiger charge is 2.24. The summed E-state index contributed by atoms with van der Waals surface area (Å²) in [5, 5.41) is 3.93. The molecule has 0 saturated heterocycles. The van der Waals surface area contributed by atoms with Crippen LogP contribution >= 0.6 is 0 Å². The van der Waals surface area contributed by atoms with Crippen molar-refractivity contribution in [1.82, 2.24) is 24.6 Å². The van der Waals surface area contributed by atoms with Gasteiger partial charge in [0.05, 0.1) is 6.04 Å². The van der Waals surface area contributed by atoms with Crippen molar-refractivity contribution >= 4 is 0 Å². The van der Waals surface area contributed by atoms with Gasteiger partial charge in [-0.05, 0) is 26.3 Å². The molecular weight excluding hydrogens is 282 g/mol. The Hall–Kier alpha value is -1.73. The molecule has 0 aliphatic carbocycles. The molecule has 0 saturated carbocycles. The Morgan fingerprint density at radius 2 is 2.41 bits per heavy atom. The Morgan fingerprint density at radius 3 is 3.23 bits per heavy atom. The van der Waals surface area contributed by atoms with Crippen LogP contribution in [0.1, 0.15) is 36.9 Å². The van der Waals surface area contributed by atoms with Crippen molar-refractivity contribution in [2.45, 2.75) is 39.0 Å². The molecule has 2 aromatic heterocycles. The summed E-state index contributed by atoms with van der Waals surface area (Å²) >= 11 is 0. The van der Waals surface area contributed by atoms with Crippen molar-refractivity contribution in [2.75, 3.05) is 20.7 Å². The Bertz CT molecular complexity index is 609. The number of ether oxygens (including phenoxy) is 1. The van der Waals surface area contributed by atoms with E-state index in [0.29, 0.717) is 24.2 Å². The molecule has 0 N–H and O–H groups in total. The quantitative estimate of drug-likeness (QED) is 0.808. The van der Waals surface area contributed by atoms with Crippen LogP contribution in [0.3, 0.4) is 0 Å². The van der Waals surface area contributed by atoms with E-state index in [2.05, 4.69) is 44.8 Å². The van der Waals surface area contributed by atoms with Crippen molar-refractivity contribution < 1.29 is 9.26 Å². The fourth-order valence-electron chi connectivity index (χ4n) is 2.96. The maximum absolute atomic E-state index is 5.34. The van der Waals surface area contributed by atoms with Crippen LogP contribution in [0.2, 0.25) is 0 Å². The van der Waals surface area contributed by atoms with Crippen LogP contribution in [0.4, 0.5) is 0 Å². The van der Waals surface area contributed by atoms with Gasteiger partial charge in [0.25, 0.3) is 0 Å². The summed E-state index contributed by atoms with van der Waals surface area (Å²) in [6.07, 6.45) is 6.19. The van der Waals surface area contributed by atoms with Crippen LogP contribution < -0.4 is 0 Å². The molecule has 0 radical (unpaired) electrons. The maximum atomic E-state index is 5.34. The molecule has 0 unspecified atom stereocenters. The van der Waals surface area contributed by atoms with E-state index in [-0.39, 0.29) is 6.04 Å². The smallest absolute Gasteiger partial charge is 0.243 e. The fourth-order valence-corrected chi connectivity index (χ4v) is 2.96. The summed E-state index contributed by atoms with van der Waals surface area (Å²) in [4.78, 5) is 11.0. The third-order valence-electron chi connectivity index (χ3n) is 4.35. The van der Waals surface area contributed by atoms with Gasteiger partial charge in [-0.15, -0.1) is 0 Å². The Labute approximate surface area is 130 Å². The zero-order valence-electron chi connectivity index (χ0n) is 13.4. The van der Waals surface area contributed by atoms with E-state index in [1.807, 2.05) is 6.20 Å². The summed E-state index contributed by atoms with van der Waals surface area (Å²) in [5.74, 6) is 3.07. The van der Waals surface area contributed by atoms with Crippen molar-refractivity contribution in [3.8, 4) is 0 Å². The van der Waals surface area contributed by atoms with E-state index in [1.165, 1.54) is 12.2 Å². The molecule has 0 amide bonds. The molecular formula is C15H23N5O2. The minimum absolute atomic E-state index is 0.0993. The van der Waals surface area contributed by atoms with Crippen molar-refractivity contribution in [3.05, 3.63) is 29.9 Å². The molecule has 1 aliphatic rings. The number of nitrogens with zero attached hydrogens (tertiary/aromatic N) is 5. The molecule has 120 valence electrons. The molecule has 0 bridgehead atoms. The van der Waals surface area contributed by atoms with Gasteiger partial charge in [0.2, 0.25) is 5.89 Å². The average Bonchev–Trinajstić information content (AvgIpc) is 3.15. The van der Waals surface area contributed by atoms with Crippen LogP contribution in [0.5, 0.6) is 0 Å². The minimum atomic E-state index is 0.0993. The second-order valence-corrected chi connectivity index (χ2v) is 6.00. The summed E-state index contributed by atoms with van der Waals surface area (Å²) in [6, 6.07) is 0.0993. The van der Waals surface area contributed by atoms with Gasteiger partial charge in [0.1, 0.15) is 12.4 Å². The zero-order chi connectivity index (χ0) is 15.5. The number of aryl methyl sites for hydroxylation is 1. The number of fused-ring (bicyclic) bond motifs is 1. The van der Waals surface area contributed by atoms with Gasteiger partial charge in [0, 0.05) is 39.0 Å². The third kappa shape index (κ3) is 3.20. The standard InChI is InChI=1S/C15H23N5O2/c1-11(15-17-13(10-21-3)18-22-15)19(2)8-12-4-5-14-16-6-7-20(14)9-12/h6-7,11-12H,4-5,8-10H2,1-3H3/t11-,12+/m1/s1. The van der Waals surface area contributed by atoms with Crippen molar-refractivity contribution in [2.24, 2.45) is 5.92 Å². The molecule has 1 aliphatic heterocycles. The van der Waals surface area contributed by atoms with Gasteiger partial charge in [-0.3, -0.25) is 4.90 Å². The second-order valence-electron chi connectivity index (χ2n) is 6.00. The van der Waals surface area contributed by atoms with Gasteiger partial charge in [-0.1, -0.05) is 5.16 Å². The largest absolute Gasteiger partial charge is 0.377 e. The Kier molecular flexibility index (Phi) is 4.54. The van der Waals surface area contributed by atoms with Gasteiger partial charge >= 0.3 is 0 Å². The Morgan fingerprint density at radius 1 is 1.55 bits per heavy atom. The van der Waals surface area contributed by atoms with Crippen LogP contribution in [-0.4, -0.2) is 45.3 Å². The van der Waals surface area contributed by atoms with E-state index >= 15 is 0 Å². The van der Waals surface area contributed by atoms with Gasteiger partial charge in [-0.25, -0.2) is 4.98 Å².